The zero-order chi connectivity index (χ0) is 33.0. The van der Waals surface area contributed by atoms with Gasteiger partial charge in [0.15, 0.2) is 10.9 Å². The number of hydrogen-bond donors (Lipinski definition) is 3. The van der Waals surface area contributed by atoms with E-state index < -0.39 is 29.8 Å². The quantitative estimate of drug-likeness (QED) is 0.162. The van der Waals surface area contributed by atoms with Crippen molar-refractivity contribution in [3.05, 3.63) is 102 Å². The molecule has 3 N–H and O–H groups in total. The van der Waals surface area contributed by atoms with Gasteiger partial charge in [0.05, 0.1) is 18.7 Å². The monoisotopic (exact) mass is 627 g/mol. The SMILES string of the molecule is Cc1ccc(-c2ccc(C(=O)NC(Cc3ccc(-c4noc(-c5ccc(NC(=O)OC(C)C)cc5)[n+]4C)c(F)c3)C(=O)O)o2)cc1. The van der Waals surface area contributed by atoms with Crippen LogP contribution < -0.4 is 15.2 Å². The Kier molecular flexibility index (Phi) is 9.26. The van der Waals surface area contributed by atoms with Crippen LogP contribution in [0.3, 0.4) is 0 Å². The Labute approximate surface area is 263 Å². The number of aryl methyl sites for hydroxylation is 1. The molecular formula is C34H32FN4O7+. The minimum absolute atomic E-state index is 0.0442. The highest BCUT2D eigenvalue weighted by molar-refractivity contribution is 5.95. The van der Waals surface area contributed by atoms with Crippen LogP contribution in [0.4, 0.5) is 14.9 Å². The minimum atomic E-state index is -1.34. The van der Waals surface area contributed by atoms with Crippen LogP contribution in [0, 0.1) is 12.7 Å². The van der Waals surface area contributed by atoms with E-state index in [1.165, 1.54) is 18.2 Å². The number of carbonyl (C=O) groups is 3. The number of carboxylic acids is 1. The lowest BCUT2D eigenvalue weighted by Gasteiger charge is -2.14. The molecule has 0 aliphatic heterocycles. The summed E-state index contributed by atoms with van der Waals surface area (Å²) in [5.41, 5.74) is 3.48. The van der Waals surface area contributed by atoms with Crippen molar-refractivity contribution < 1.29 is 42.1 Å². The van der Waals surface area contributed by atoms with Crippen LogP contribution in [-0.2, 0) is 23.0 Å². The largest absolute Gasteiger partial charge is 0.480 e. The summed E-state index contributed by atoms with van der Waals surface area (Å²) in [4.78, 5) is 36.7. The Morgan fingerprint density at radius 2 is 1.67 bits per heavy atom. The second-order valence-electron chi connectivity index (χ2n) is 10.9. The van der Waals surface area contributed by atoms with Crippen LogP contribution in [0.1, 0.15) is 35.5 Å². The Hall–Kier alpha value is -5.78. The fourth-order valence-corrected chi connectivity index (χ4v) is 4.70. The molecule has 0 radical (unpaired) electrons. The first-order valence-electron chi connectivity index (χ1n) is 14.4. The Bertz CT molecular complexity index is 1880. The molecule has 0 saturated carbocycles. The van der Waals surface area contributed by atoms with Gasteiger partial charge in [0.25, 0.3) is 5.91 Å². The number of halogens is 1. The third-order valence-electron chi connectivity index (χ3n) is 7.05. The first kappa shape index (κ1) is 31.6. The summed E-state index contributed by atoms with van der Waals surface area (Å²) >= 11 is 0. The van der Waals surface area contributed by atoms with E-state index in [9.17, 15) is 19.5 Å². The van der Waals surface area contributed by atoms with E-state index in [4.69, 9.17) is 13.7 Å². The van der Waals surface area contributed by atoms with Crippen LogP contribution in [0.25, 0.3) is 34.2 Å². The molecule has 0 saturated heterocycles. The molecule has 1 unspecified atom stereocenters. The van der Waals surface area contributed by atoms with E-state index in [0.717, 1.165) is 11.1 Å². The van der Waals surface area contributed by atoms with Crippen molar-refractivity contribution >= 4 is 23.7 Å². The number of benzene rings is 3. The lowest BCUT2D eigenvalue weighted by molar-refractivity contribution is -0.652. The van der Waals surface area contributed by atoms with Crippen molar-refractivity contribution in [2.75, 3.05) is 5.32 Å². The summed E-state index contributed by atoms with van der Waals surface area (Å²) in [6, 6.07) is 20.3. The second kappa shape index (κ2) is 13.5. The van der Waals surface area contributed by atoms with Crippen LogP contribution in [0.2, 0.25) is 0 Å². The highest BCUT2D eigenvalue weighted by Gasteiger charge is 2.28. The van der Waals surface area contributed by atoms with E-state index in [1.54, 1.807) is 61.9 Å². The van der Waals surface area contributed by atoms with E-state index >= 15 is 4.39 Å². The molecule has 236 valence electrons. The van der Waals surface area contributed by atoms with Crippen LogP contribution in [0.5, 0.6) is 0 Å². The number of rotatable bonds is 10. The number of hydrogen-bond acceptors (Lipinski definition) is 7. The Balaban J connectivity index is 1.27. The molecule has 0 aliphatic rings. The van der Waals surface area contributed by atoms with E-state index in [-0.39, 0.29) is 29.7 Å². The van der Waals surface area contributed by atoms with E-state index in [0.29, 0.717) is 28.5 Å². The Morgan fingerprint density at radius 3 is 2.33 bits per heavy atom. The molecule has 0 fully saturated rings. The number of aliphatic carboxylic acids is 1. The van der Waals surface area contributed by atoms with Crippen molar-refractivity contribution in [2.24, 2.45) is 7.05 Å². The van der Waals surface area contributed by atoms with Crippen molar-refractivity contribution in [3.63, 3.8) is 0 Å². The smallest absolute Gasteiger partial charge is 0.411 e. The van der Waals surface area contributed by atoms with Gasteiger partial charge in [-0.15, -0.1) is 0 Å². The lowest BCUT2D eigenvalue weighted by Crippen LogP contribution is -2.42. The molecule has 0 bridgehead atoms. The number of nitrogens with one attached hydrogen (secondary N) is 2. The third-order valence-corrected chi connectivity index (χ3v) is 7.05. The summed E-state index contributed by atoms with van der Waals surface area (Å²) in [6.45, 7) is 5.45. The van der Waals surface area contributed by atoms with Crippen LogP contribution >= 0.6 is 0 Å². The molecule has 12 heteroatoms. The average Bonchev–Trinajstić information content (AvgIpc) is 3.65. The summed E-state index contributed by atoms with van der Waals surface area (Å²) in [5.74, 6) is -1.67. The first-order chi connectivity index (χ1) is 22.0. The standard InChI is InChI=1S/C34H31FN4O7/c1-19(2)44-34(43)36-24-12-10-23(11-13-24)32-39(4)30(38-46-32)25-14-7-21(17-26(25)35)18-27(33(41)42)37-31(40)29-16-15-28(45-29)22-8-5-20(3)6-9-22/h5-17,19,27H,18H2,1-4H3,(H2,37,40,41,42)/p+1. The molecule has 5 aromatic rings. The van der Waals surface area contributed by atoms with Crippen LogP contribution in [-0.4, -0.2) is 40.4 Å². The van der Waals surface area contributed by atoms with Gasteiger partial charge in [-0.1, -0.05) is 35.9 Å². The van der Waals surface area contributed by atoms with Crippen molar-refractivity contribution in [2.45, 2.75) is 39.3 Å². The number of nitrogens with zero attached hydrogens (tertiary/aromatic N) is 2. The summed E-state index contributed by atoms with van der Waals surface area (Å²) in [7, 11) is 1.66. The predicted molar refractivity (Wildman–Crippen MR) is 165 cm³/mol. The average molecular weight is 628 g/mol. The third kappa shape index (κ3) is 7.29. The molecule has 46 heavy (non-hydrogen) atoms. The van der Waals surface area contributed by atoms with Gasteiger partial charge in [0.2, 0.25) is 0 Å². The van der Waals surface area contributed by atoms with E-state index in [1.807, 2.05) is 31.2 Å². The fraction of sp³-hybridized carbons (Fsp3) is 0.206. The molecule has 0 spiro atoms. The number of furan rings is 1. The predicted octanol–water partition coefficient (Wildman–Crippen LogP) is 5.92. The van der Waals surface area contributed by atoms with Gasteiger partial charge in [-0.25, -0.2) is 18.5 Å². The lowest BCUT2D eigenvalue weighted by atomic mass is 10.0. The normalized spacial score (nSPS) is 11.7. The highest BCUT2D eigenvalue weighted by Crippen LogP contribution is 2.26. The van der Waals surface area contributed by atoms with Crippen molar-refractivity contribution in [3.8, 4) is 34.2 Å². The molecule has 1 atom stereocenters. The molecule has 5 rings (SSSR count). The number of carbonyl (C=O) groups excluding carboxylic acids is 2. The minimum Gasteiger partial charge on any atom is -0.480 e. The summed E-state index contributed by atoms with van der Waals surface area (Å²) in [5, 5.41) is 18.9. The molecule has 2 aromatic heterocycles. The molecule has 2 amide bonds. The zero-order valence-electron chi connectivity index (χ0n) is 25.5. The van der Waals surface area contributed by atoms with Gasteiger partial charge in [0, 0.05) is 17.7 Å². The van der Waals surface area contributed by atoms with Crippen molar-refractivity contribution in [1.29, 1.82) is 0 Å². The molecule has 3 aromatic carbocycles. The van der Waals surface area contributed by atoms with Gasteiger partial charge in [0.1, 0.15) is 23.2 Å². The van der Waals surface area contributed by atoms with Crippen LogP contribution in [0.15, 0.2) is 87.8 Å². The number of anilines is 1. The molecular weight excluding hydrogens is 595 g/mol. The van der Waals surface area contributed by atoms with Crippen molar-refractivity contribution in [1.82, 2.24) is 10.5 Å². The molecule has 0 aliphatic carbocycles. The number of ether oxygens (including phenoxy) is 1. The molecule has 2 heterocycles. The molecule has 11 nitrogen and oxygen atoms in total. The Morgan fingerprint density at radius 1 is 0.978 bits per heavy atom. The number of aromatic nitrogens is 2. The van der Waals surface area contributed by atoms with Gasteiger partial charge < -0.3 is 19.6 Å². The fourth-order valence-electron chi connectivity index (χ4n) is 4.70. The van der Waals surface area contributed by atoms with Gasteiger partial charge in [-0.05, 0) is 74.9 Å². The highest BCUT2D eigenvalue weighted by atomic mass is 19.1. The summed E-state index contributed by atoms with van der Waals surface area (Å²) < 4.78 is 33.2. The number of carboxylic acid groups (broad SMARTS) is 1. The number of amides is 2. The maximum Gasteiger partial charge on any atom is 0.411 e. The van der Waals surface area contributed by atoms with Gasteiger partial charge in [-0.3, -0.25) is 10.1 Å². The zero-order valence-corrected chi connectivity index (χ0v) is 25.5. The van der Waals surface area contributed by atoms with Gasteiger partial charge >= 0.3 is 23.8 Å². The maximum absolute atomic E-state index is 15.4. The second-order valence-corrected chi connectivity index (χ2v) is 10.9. The first-order valence-corrected chi connectivity index (χ1v) is 14.4. The van der Waals surface area contributed by atoms with Gasteiger partial charge in [-0.2, -0.15) is 4.57 Å². The van der Waals surface area contributed by atoms with E-state index in [2.05, 4.69) is 15.8 Å². The topological polar surface area (TPSA) is 148 Å². The summed E-state index contributed by atoms with van der Waals surface area (Å²) in [6.07, 6.45) is -1.01. The maximum atomic E-state index is 15.4.